The smallest absolute Gasteiger partial charge is 0.331 e. The van der Waals surface area contributed by atoms with Gasteiger partial charge in [-0.05, 0) is 0 Å². The minimum atomic E-state index is -1.24. The van der Waals surface area contributed by atoms with Crippen LogP contribution in [0.25, 0.3) is 0 Å². The molecule has 0 atom stereocenters. The second-order valence-electron chi connectivity index (χ2n) is 1.47. The van der Waals surface area contributed by atoms with Crippen molar-refractivity contribution in [3.8, 4) is 0 Å². The SMILES string of the molecule is O=CCOC(=O)/C=C\C(=O)O. The van der Waals surface area contributed by atoms with Crippen molar-refractivity contribution in [1.29, 1.82) is 0 Å². The highest BCUT2D eigenvalue weighted by atomic mass is 16.5. The predicted octanol–water partition coefficient (Wildman–Crippen LogP) is -0.631. The summed E-state index contributed by atoms with van der Waals surface area (Å²) in [5.41, 5.74) is 0. The molecule has 0 spiro atoms. The molecule has 0 aliphatic heterocycles. The molecule has 5 heteroatoms. The number of carboxylic acids is 1. The fraction of sp³-hybridized carbons (Fsp3) is 0.167. The molecule has 0 rings (SSSR count). The van der Waals surface area contributed by atoms with Crippen LogP contribution >= 0.6 is 0 Å². The van der Waals surface area contributed by atoms with Crippen molar-refractivity contribution in [3.63, 3.8) is 0 Å². The maximum Gasteiger partial charge on any atom is 0.331 e. The van der Waals surface area contributed by atoms with Gasteiger partial charge in [0.15, 0.2) is 6.29 Å². The summed E-state index contributed by atoms with van der Waals surface area (Å²) in [5.74, 6) is -2.09. The zero-order valence-electron chi connectivity index (χ0n) is 5.52. The Balaban J connectivity index is 3.68. The summed E-state index contributed by atoms with van der Waals surface area (Å²) in [6.45, 7) is -0.358. The number of ether oxygens (including phenoxy) is 1. The molecule has 0 aliphatic carbocycles. The van der Waals surface area contributed by atoms with Gasteiger partial charge in [-0.2, -0.15) is 0 Å². The molecule has 11 heavy (non-hydrogen) atoms. The molecule has 0 aromatic heterocycles. The maximum atomic E-state index is 10.4. The fourth-order valence-corrected chi connectivity index (χ4v) is 0.304. The lowest BCUT2D eigenvalue weighted by molar-refractivity contribution is -0.140. The van der Waals surface area contributed by atoms with E-state index in [4.69, 9.17) is 5.11 Å². The van der Waals surface area contributed by atoms with Gasteiger partial charge in [0.2, 0.25) is 0 Å². The molecule has 0 aromatic rings. The van der Waals surface area contributed by atoms with E-state index >= 15 is 0 Å². The van der Waals surface area contributed by atoms with Crippen LogP contribution in [0.4, 0.5) is 0 Å². The van der Waals surface area contributed by atoms with Crippen LogP contribution in [0.2, 0.25) is 0 Å². The third-order valence-electron chi connectivity index (χ3n) is 0.656. The number of rotatable bonds is 4. The second kappa shape index (κ2) is 5.16. The monoisotopic (exact) mass is 158 g/mol. The first-order valence-electron chi connectivity index (χ1n) is 2.68. The van der Waals surface area contributed by atoms with E-state index in [9.17, 15) is 14.4 Å². The average molecular weight is 158 g/mol. The summed E-state index contributed by atoms with van der Waals surface area (Å²) < 4.78 is 4.18. The largest absolute Gasteiger partial charge is 0.478 e. The summed E-state index contributed by atoms with van der Waals surface area (Å²) >= 11 is 0. The van der Waals surface area contributed by atoms with Gasteiger partial charge in [-0.3, -0.25) is 4.79 Å². The molecule has 0 unspecified atom stereocenters. The van der Waals surface area contributed by atoms with Crippen molar-refractivity contribution in [3.05, 3.63) is 12.2 Å². The summed E-state index contributed by atoms with van der Waals surface area (Å²) in [6, 6.07) is 0. The first-order valence-corrected chi connectivity index (χ1v) is 2.68. The fourth-order valence-electron chi connectivity index (χ4n) is 0.304. The van der Waals surface area contributed by atoms with Gasteiger partial charge >= 0.3 is 11.9 Å². The Hall–Kier alpha value is -1.65. The van der Waals surface area contributed by atoms with Crippen molar-refractivity contribution in [2.24, 2.45) is 0 Å². The van der Waals surface area contributed by atoms with Gasteiger partial charge in [-0.15, -0.1) is 0 Å². The topological polar surface area (TPSA) is 80.7 Å². The van der Waals surface area contributed by atoms with E-state index in [2.05, 4.69) is 4.74 Å². The van der Waals surface area contributed by atoms with Crippen LogP contribution in [0.1, 0.15) is 0 Å². The Morgan fingerprint density at radius 1 is 1.36 bits per heavy atom. The number of carboxylic acid groups (broad SMARTS) is 1. The highest BCUT2D eigenvalue weighted by molar-refractivity contribution is 5.91. The highest BCUT2D eigenvalue weighted by Crippen LogP contribution is 1.79. The lowest BCUT2D eigenvalue weighted by atomic mass is 10.5. The van der Waals surface area contributed by atoms with Crippen molar-refractivity contribution >= 4 is 18.2 Å². The Kier molecular flexibility index (Phi) is 4.39. The van der Waals surface area contributed by atoms with Gasteiger partial charge in [0.25, 0.3) is 0 Å². The van der Waals surface area contributed by atoms with Crippen LogP contribution in [0.5, 0.6) is 0 Å². The quantitative estimate of drug-likeness (QED) is 0.334. The lowest BCUT2D eigenvalue weighted by Gasteiger charge is -1.91. The number of esters is 1. The van der Waals surface area contributed by atoms with Crippen molar-refractivity contribution < 1.29 is 24.2 Å². The molecule has 60 valence electrons. The van der Waals surface area contributed by atoms with E-state index in [1.54, 1.807) is 0 Å². The third-order valence-corrected chi connectivity index (χ3v) is 0.656. The molecular formula is C6H6O5. The van der Waals surface area contributed by atoms with Crippen LogP contribution in [0.15, 0.2) is 12.2 Å². The highest BCUT2D eigenvalue weighted by Gasteiger charge is 1.95. The van der Waals surface area contributed by atoms with E-state index in [1.807, 2.05) is 0 Å². The molecule has 0 radical (unpaired) electrons. The molecule has 0 heterocycles. The Morgan fingerprint density at radius 2 is 2.00 bits per heavy atom. The zero-order valence-corrected chi connectivity index (χ0v) is 5.52. The summed E-state index contributed by atoms with van der Waals surface area (Å²) in [7, 11) is 0. The summed E-state index contributed by atoms with van der Waals surface area (Å²) in [6.07, 6.45) is 1.76. The van der Waals surface area contributed by atoms with Gasteiger partial charge in [-0.25, -0.2) is 9.59 Å². The van der Waals surface area contributed by atoms with Crippen LogP contribution in [0.3, 0.4) is 0 Å². The minimum absolute atomic E-state index is 0.358. The first kappa shape index (κ1) is 9.35. The maximum absolute atomic E-state index is 10.4. The standard InChI is InChI=1S/C6H6O5/c7-3-4-11-6(10)2-1-5(8)9/h1-3H,4H2,(H,8,9)/b2-1-. The molecular weight excluding hydrogens is 152 g/mol. The van der Waals surface area contributed by atoms with E-state index in [1.165, 1.54) is 0 Å². The third kappa shape index (κ3) is 6.23. The van der Waals surface area contributed by atoms with Crippen LogP contribution in [-0.4, -0.2) is 29.9 Å². The second-order valence-corrected chi connectivity index (χ2v) is 1.47. The Bertz CT molecular complexity index is 193. The van der Waals surface area contributed by atoms with Crippen LogP contribution in [0, 0.1) is 0 Å². The first-order chi connectivity index (χ1) is 5.16. The van der Waals surface area contributed by atoms with Crippen LogP contribution in [-0.2, 0) is 19.1 Å². The molecule has 1 N–H and O–H groups in total. The number of carbonyl (C=O) groups is 3. The molecule has 0 fully saturated rings. The van der Waals surface area contributed by atoms with E-state index in [0.717, 1.165) is 6.08 Å². The lowest BCUT2D eigenvalue weighted by Crippen LogP contribution is -2.03. The van der Waals surface area contributed by atoms with Crippen molar-refractivity contribution in [2.45, 2.75) is 0 Å². The van der Waals surface area contributed by atoms with E-state index in [0.29, 0.717) is 12.4 Å². The number of aldehydes is 1. The van der Waals surface area contributed by atoms with Gasteiger partial charge < -0.3 is 9.84 Å². The Morgan fingerprint density at radius 3 is 2.45 bits per heavy atom. The number of hydrogen-bond donors (Lipinski definition) is 1. The number of aliphatic carboxylic acids is 1. The van der Waals surface area contributed by atoms with Crippen molar-refractivity contribution in [1.82, 2.24) is 0 Å². The number of hydrogen-bond acceptors (Lipinski definition) is 4. The van der Waals surface area contributed by atoms with Crippen molar-refractivity contribution in [2.75, 3.05) is 6.61 Å². The molecule has 0 aromatic carbocycles. The van der Waals surface area contributed by atoms with Gasteiger partial charge in [-0.1, -0.05) is 0 Å². The predicted molar refractivity (Wildman–Crippen MR) is 33.8 cm³/mol. The minimum Gasteiger partial charge on any atom is -0.478 e. The average Bonchev–Trinajstić information content (AvgIpc) is 1.97. The van der Waals surface area contributed by atoms with E-state index < -0.39 is 11.9 Å². The molecule has 0 bridgehead atoms. The van der Waals surface area contributed by atoms with Gasteiger partial charge in [0.05, 0.1) is 0 Å². The molecule has 5 nitrogen and oxygen atoms in total. The van der Waals surface area contributed by atoms with Gasteiger partial charge in [0.1, 0.15) is 6.61 Å². The van der Waals surface area contributed by atoms with Gasteiger partial charge in [0, 0.05) is 12.2 Å². The normalized spacial score (nSPS) is 9.45. The molecule has 0 aliphatic rings. The number of carbonyl (C=O) groups excluding carboxylic acids is 2. The molecule has 0 saturated heterocycles. The molecule has 0 saturated carbocycles. The van der Waals surface area contributed by atoms with E-state index in [-0.39, 0.29) is 6.61 Å². The molecule has 0 amide bonds. The van der Waals surface area contributed by atoms with Crippen LogP contribution < -0.4 is 0 Å². The Labute approximate surface area is 62.3 Å². The zero-order chi connectivity index (χ0) is 8.69. The summed E-state index contributed by atoms with van der Waals surface area (Å²) in [4.78, 5) is 29.8. The summed E-state index contributed by atoms with van der Waals surface area (Å²) in [5, 5.41) is 8.02.